The molecule has 0 atom stereocenters. The molecule has 2 N–H and O–H groups in total. The fourth-order valence-corrected chi connectivity index (χ4v) is 5.35. The van der Waals surface area contributed by atoms with Crippen molar-refractivity contribution < 1.29 is 41.4 Å². The summed E-state index contributed by atoms with van der Waals surface area (Å²) in [6, 6.07) is 9.45. The number of esters is 1. The predicted molar refractivity (Wildman–Crippen MR) is 162 cm³/mol. The average Bonchev–Trinajstić information content (AvgIpc) is 3.55. The first kappa shape index (κ1) is 32.7. The Labute approximate surface area is 262 Å². The molecule has 2 aliphatic heterocycles. The molecule has 244 valence electrons. The Bertz CT molecular complexity index is 1620. The van der Waals surface area contributed by atoms with E-state index in [9.17, 15) is 31.9 Å². The van der Waals surface area contributed by atoms with Gasteiger partial charge in [-0.2, -0.15) is 13.2 Å². The molecule has 0 spiro atoms. The third-order valence-corrected chi connectivity index (χ3v) is 7.87. The number of likely N-dealkylation sites (tertiary alicyclic amines) is 1. The summed E-state index contributed by atoms with van der Waals surface area (Å²) in [5, 5.41) is 4.86. The lowest BCUT2D eigenvalue weighted by molar-refractivity contribution is -0.189. The lowest BCUT2D eigenvalue weighted by atomic mass is 10.1. The minimum atomic E-state index is -5.44. The van der Waals surface area contributed by atoms with Gasteiger partial charge in [0.05, 0.1) is 16.8 Å². The van der Waals surface area contributed by atoms with Gasteiger partial charge in [-0.3, -0.25) is 9.59 Å². The third kappa shape index (κ3) is 7.73. The van der Waals surface area contributed by atoms with E-state index in [4.69, 9.17) is 4.74 Å². The lowest BCUT2D eigenvalue weighted by Crippen LogP contribution is -2.36. The Kier molecular flexibility index (Phi) is 9.75. The van der Waals surface area contributed by atoms with Crippen LogP contribution in [0.25, 0.3) is 0 Å². The standard InChI is InChI=1S/C32H33F4N5O5/c1-19-6-5-11-37-28(19)39-30(43)24-16-20(33)17-26(46-31(44)32(34,35)36)27(24)38-29(42)23-8-7-21(41-12-3-4-13-41)18-25(23)45-22-9-14-40(2)15-10-22/h5-8,11,16-18,22H,3-4,9-10,12-15H2,1-2H3,(H,38,42)(H,37,39,43). The maximum Gasteiger partial charge on any atom is 0.491 e. The maximum absolute atomic E-state index is 14.7. The topological polar surface area (TPSA) is 113 Å². The summed E-state index contributed by atoms with van der Waals surface area (Å²) in [5.41, 5.74) is 0.143. The second-order valence-corrected chi connectivity index (χ2v) is 11.3. The first-order chi connectivity index (χ1) is 21.9. The summed E-state index contributed by atoms with van der Waals surface area (Å²) >= 11 is 0. The summed E-state index contributed by atoms with van der Waals surface area (Å²) in [5.74, 6) is -6.43. The third-order valence-electron chi connectivity index (χ3n) is 7.87. The van der Waals surface area contributed by atoms with Crippen LogP contribution in [0.4, 0.5) is 34.8 Å². The highest BCUT2D eigenvalue weighted by Crippen LogP contribution is 2.36. The van der Waals surface area contributed by atoms with Crippen LogP contribution in [0.1, 0.15) is 52.0 Å². The number of nitrogens with zero attached hydrogens (tertiary/aromatic N) is 3. The molecule has 46 heavy (non-hydrogen) atoms. The maximum atomic E-state index is 14.7. The number of piperidine rings is 1. The van der Waals surface area contributed by atoms with E-state index in [2.05, 4.69) is 30.2 Å². The minimum absolute atomic E-state index is 0.0197. The molecule has 2 amide bonds. The number of benzene rings is 2. The van der Waals surface area contributed by atoms with Crippen molar-refractivity contribution >= 4 is 35.0 Å². The fourth-order valence-electron chi connectivity index (χ4n) is 5.35. The number of alkyl halides is 3. The van der Waals surface area contributed by atoms with E-state index in [1.807, 2.05) is 7.05 Å². The zero-order valence-electron chi connectivity index (χ0n) is 25.2. The molecule has 10 nitrogen and oxygen atoms in total. The normalized spacial score (nSPS) is 15.8. The Morgan fingerprint density at radius 1 is 0.913 bits per heavy atom. The van der Waals surface area contributed by atoms with Gasteiger partial charge < -0.3 is 29.9 Å². The highest BCUT2D eigenvalue weighted by molar-refractivity contribution is 6.14. The zero-order chi connectivity index (χ0) is 33.0. The van der Waals surface area contributed by atoms with Gasteiger partial charge in [0.25, 0.3) is 11.8 Å². The second kappa shape index (κ2) is 13.7. The van der Waals surface area contributed by atoms with Crippen molar-refractivity contribution in [3.05, 3.63) is 71.2 Å². The quantitative estimate of drug-likeness (QED) is 0.186. The van der Waals surface area contributed by atoms with Crippen LogP contribution in [0.5, 0.6) is 11.5 Å². The SMILES string of the molecule is Cc1cccnc1NC(=O)c1cc(F)cc(OC(=O)C(F)(F)F)c1NC(=O)c1ccc(N2CCCC2)cc1OC1CCN(C)CC1. The van der Waals surface area contributed by atoms with Crippen LogP contribution in [0, 0.1) is 12.7 Å². The van der Waals surface area contributed by atoms with Gasteiger partial charge in [0.15, 0.2) is 5.75 Å². The van der Waals surface area contributed by atoms with E-state index in [1.165, 1.54) is 12.3 Å². The van der Waals surface area contributed by atoms with Crippen LogP contribution in [-0.4, -0.2) is 73.2 Å². The highest BCUT2D eigenvalue weighted by atomic mass is 19.4. The number of aryl methyl sites for hydroxylation is 1. The summed E-state index contributed by atoms with van der Waals surface area (Å²) in [7, 11) is 2.00. The smallest absolute Gasteiger partial charge is 0.489 e. The van der Waals surface area contributed by atoms with E-state index < -0.39 is 46.8 Å². The lowest BCUT2D eigenvalue weighted by Gasteiger charge is -2.30. The number of ether oxygens (including phenoxy) is 2. The summed E-state index contributed by atoms with van der Waals surface area (Å²) in [6.45, 7) is 4.88. The molecular formula is C32H33F4N5O5. The first-order valence-electron chi connectivity index (χ1n) is 14.8. The Balaban J connectivity index is 1.53. The summed E-state index contributed by atoms with van der Waals surface area (Å²) in [6.07, 6.45) is -0.808. The average molecular weight is 644 g/mol. The molecule has 3 heterocycles. The number of anilines is 3. The van der Waals surface area contributed by atoms with E-state index >= 15 is 0 Å². The summed E-state index contributed by atoms with van der Waals surface area (Å²) < 4.78 is 65.1. The van der Waals surface area contributed by atoms with Crippen molar-refractivity contribution in [2.45, 2.75) is 44.9 Å². The van der Waals surface area contributed by atoms with Gasteiger partial charge >= 0.3 is 12.1 Å². The monoisotopic (exact) mass is 643 g/mol. The molecule has 2 aliphatic rings. The van der Waals surface area contributed by atoms with Crippen molar-refractivity contribution in [3.8, 4) is 11.5 Å². The molecule has 2 saturated heterocycles. The fraction of sp³-hybridized carbons (Fsp3) is 0.375. The number of rotatable bonds is 8. The first-order valence-corrected chi connectivity index (χ1v) is 14.8. The van der Waals surface area contributed by atoms with Crippen LogP contribution in [-0.2, 0) is 4.79 Å². The molecule has 5 rings (SSSR count). The zero-order valence-corrected chi connectivity index (χ0v) is 25.2. The van der Waals surface area contributed by atoms with E-state index in [0.29, 0.717) is 30.5 Å². The number of nitrogens with one attached hydrogen (secondary N) is 2. The van der Waals surface area contributed by atoms with Crippen molar-refractivity contribution in [2.24, 2.45) is 0 Å². The minimum Gasteiger partial charge on any atom is -0.489 e. The second-order valence-electron chi connectivity index (χ2n) is 11.3. The van der Waals surface area contributed by atoms with Crippen LogP contribution in [0.2, 0.25) is 0 Å². The van der Waals surface area contributed by atoms with Crippen LogP contribution >= 0.6 is 0 Å². The Morgan fingerprint density at radius 3 is 2.28 bits per heavy atom. The van der Waals surface area contributed by atoms with Crippen LogP contribution < -0.4 is 25.0 Å². The van der Waals surface area contributed by atoms with Gasteiger partial charge in [0.1, 0.15) is 23.5 Å². The summed E-state index contributed by atoms with van der Waals surface area (Å²) in [4.78, 5) is 47.4. The van der Waals surface area contributed by atoms with Crippen molar-refractivity contribution in [1.29, 1.82) is 0 Å². The number of carbonyl (C=O) groups is 3. The van der Waals surface area contributed by atoms with Crippen molar-refractivity contribution in [2.75, 3.05) is 48.8 Å². The van der Waals surface area contributed by atoms with Crippen molar-refractivity contribution in [1.82, 2.24) is 9.88 Å². The predicted octanol–water partition coefficient (Wildman–Crippen LogP) is 5.57. The molecule has 14 heteroatoms. The highest BCUT2D eigenvalue weighted by Gasteiger charge is 2.42. The molecule has 2 aromatic carbocycles. The number of halogens is 4. The molecule has 1 aromatic heterocycles. The van der Waals surface area contributed by atoms with E-state index in [1.54, 1.807) is 31.2 Å². The number of hydrogen-bond acceptors (Lipinski definition) is 8. The van der Waals surface area contributed by atoms with Crippen LogP contribution in [0.3, 0.4) is 0 Å². The van der Waals surface area contributed by atoms with E-state index in [-0.39, 0.29) is 23.2 Å². The Hall–Kier alpha value is -4.72. The van der Waals surface area contributed by atoms with Crippen LogP contribution in [0.15, 0.2) is 48.7 Å². The molecule has 0 radical (unpaired) electrons. The molecular weight excluding hydrogens is 610 g/mol. The largest absolute Gasteiger partial charge is 0.491 e. The van der Waals surface area contributed by atoms with Gasteiger partial charge in [-0.1, -0.05) is 6.07 Å². The van der Waals surface area contributed by atoms with Gasteiger partial charge in [0, 0.05) is 50.2 Å². The molecule has 0 saturated carbocycles. The molecule has 3 aromatic rings. The van der Waals surface area contributed by atoms with Gasteiger partial charge in [-0.25, -0.2) is 14.2 Å². The number of pyridine rings is 1. The van der Waals surface area contributed by atoms with Crippen molar-refractivity contribution in [3.63, 3.8) is 0 Å². The van der Waals surface area contributed by atoms with Gasteiger partial charge in [-0.05, 0) is 69.5 Å². The molecule has 0 unspecified atom stereocenters. The number of carbonyl (C=O) groups excluding carboxylic acids is 3. The molecule has 0 aliphatic carbocycles. The Morgan fingerprint density at radius 2 is 1.61 bits per heavy atom. The molecule has 2 fully saturated rings. The van der Waals surface area contributed by atoms with E-state index in [0.717, 1.165) is 44.7 Å². The number of aromatic nitrogens is 1. The van der Waals surface area contributed by atoms with Gasteiger partial charge in [-0.15, -0.1) is 0 Å². The number of hydrogen-bond donors (Lipinski definition) is 2. The number of amides is 2. The molecule has 0 bridgehead atoms. The van der Waals surface area contributed by atoms with Gasteiger partial charge in [0.2, 0.25) is 0 Å².